The van der Waals surface area contributed by atoms with E-state index >= 15 is 0 Å². The van der Waals surface area contributed by atoms with Gasteiger partial charge in [-0.3, -0.25) is 0 Å². The van der Waals surface area contributed by atoms with E-state index in [2.05, 4.69) is 10.2 Å². The van der Waals surface area contributed by atoms with E-state index in [1.165, 1.54) is 6.21 Å². The second-order valence-electron chi connectivity index (χ2n) is 2.56. The Balaban J connectivity index is 2.50. The second kappa shape index (κ2) is 5.53. The summed E-state index contributed by atoms with van der Waals surface area (Å²) >= 11 is 0. The molecule has 0 heterocycles. The number of nitrogens with two attached hydrogens (primary N) is 2. The van der Waals surface area contributed by atoms with E-state index in [4.69, 9.17) is 11.5 Å². The van der Waals surface area contributed by atoms with Crippen LogP contribution in [0.3, 0.4) is 0 Å². The molecule has 0 aliphatic heterocycles. The molecule has 0 saturated heterocycles. The maximum atomic E-state index is 5.08. The van der Waals surface area contributed by atoms with E-state index in [0.29, 0.717) is 0 Å². The average Bonchev–Trinajstić information content (AvgIpc) is 2.18. The van der Waals surface area contributed by atoms with Crippen molar-refractivity contribution in [1.29, 1.82) is 0 Å². The first-order valence-electron chi connectivity index (χ1n) is 4.13. The number of guanidine groups is 1. The van der Waals surface area contributed by atoms with Gasteiger partial charge in [0.15, 0.2) is 0 Å². The first-order valence-corrected chi connectivity index (χ1v) is 4.13. The molecule has 0 amide bonds. The van der Waals surface area contributed by atoms with Crippen LogP contribution in [0.15, 0.2) is 46.6 Å². The molecule has 0 saturated carbocycles. The number of benzene rings is 1. The highest BCUT2D eigenvalue weighted by molar-refractivity contribution is 5.80. The smallest absolute Gasteiger partial charge is 0.211 e. The lowest BCUT2D eigenvalue weighted by atomic mass is 10.2. The predicted octanol–water partition coefficient (Wildman–Crippen LogP) is 0.959. The standard InChI is InChI=1S/C10H12N4/c11-10(12)14-13-8-4-7-9-5-2-1-3-6-9/h1-8H,(H4,11,12,14)/b7-4+,13-8+. The summed E-state index contributed by atoms with van der Waals surface area (Å²) in [7, 11) is 0. The molecule has 4 nitrogen and oxygen atoms in total. The average molecular weight is 188 g/mol. The van der Waals surface area contributed by atoms with Crippen LogP contribution in [-0.4, -0.2) is 12.2 Å². The summed E-state index contributed by atoms with van der Waals surface area (Å²) in [5.41, 5.74) is 11.3. The minimum atomic E-state index is -0.0469. The van der Waals surface area contributed by atoms with Gasteiger partial charge in [-0.1, -0.05) is 36.4 Å². The molecule has 0 aliphatic carbocycles. The molecule has 1 aromatic rings. The fourth-order valence-corrected chi connectivity index (χ4v) is 0.857. The Bertz CT molecular complexity index is 348. The maximum absolute atomic E-state index is 5.08. The lowest BCUT2D eigenvalue weighted by molar-refractivity contribution is 1.22. The number of nitrogens with zero attached hydrogens (tertiary/aromatic N) is 2. The minimum absolute atomic E-state index is 0.0469. The van der Waals surface area contributed by atoms with Crippen LogP contribution in [0.2, 0.25) is 0 Å². The molecule has 0 aromatic heterocycles. The van der Waals surface area contributed by atoms with Crippen LogP contribution in [0.5, 0.6) is 0 Å². The van der Waals surface area contributed by atoms with Crippen molar-refractivity contribution in [2.24, 2.45) is 21.7 Å². The summed E-state index contributed by atoms with van der Waals surface area (Å²) in [4.78, 5) is 0. The van der Waals surface area contributed by atoms with Crippen LogP contribution in [0, 0.1) is 0 Å². The van der Waals surface area contributed by atoms with Gasteiger partial charge in [0.2, 0.25) is 5.96 Å². The maximum Gasteiger partial charge on any atom is 0.211 e. The van der Waals surface area contributed by atoms with Crippen LogP contribution in [0.25, 0.3) is 6.08 Å². The zero-order valence-corrected chi connectivity index (χ0v) is 7.67. The van der Waals surface area contributed by atoms with E-state index in [0.717, 1.165) is 5.56 Å². The quantitative estimate of drug-likeness (QED) is 0.421. The summed E-state index contributed by atoms with van der Waals surface area (Å²) in [6, 6.07) is 9.88. The summed E-state index contributed by atoms with van der Waals surface area (Å²) in [5, 5.41) is 7.06. The van der Waals surface area contributed by atoms with E-state index in [1.54, 1.807) is 6.08 Å². The predicted molar refractivity (Wildman–Crippen MR) is 59.8 cm³/mol. The molecule has 0 bridgehead atoms. The third-order valence-corrected chi connectivity index (χ3v) is 1.41. The van der Waals surface area contributed by atoms with Gasteiger partial charge in [-0.15, -0.1) is 5.10 Å². The Morgan fingerprint density at radius 1 is 1.14 bits per heavy atom. The highest BCUT2D eigenvalue weighted by Crippen LogP contribution is 1.99. The van der Waals surface area contributed by atoms with Crippen molar-refractivity contribution >= 4 is 18.3 Å². The first kappa shape index (κ1) is 9.98. The molecule has 1 rings (SSSR count). The van der Waals surface area contributed by atoms with Gasteiger partial charge in [0, 0.05) is 6.21 Å². The number of hydrogen-bond donors (Lipinski definition) is 2. The molecular formula is C10H12N4. The van der Waals surface area contributed by atoms with Crippen LogP contribution in [0.4, 0.5) is 0 Å². The lowest BCUT2D eigenvalue weighted by Crippen LogP contribution is -2.21. The molecule has 0 aliphatic rings. The van der Waals surface area contributed by atoms with E-state index in [1.807, 2.05) is 36.4 Å². The van der Waals surface area contributed by atoms with Crippen molar-refractivity contribution in [3.05, 3.63) is 42.0 Å². The normalized spacial score (nSPS) is 10.9. The molecule has 0 radical (unpaired) electrons. The molecule has 72 valence electrons. The van der Waals surface area contributed by atoms with E-state index < -0.39 is 0 Å². The highest BCUT2D eigenvalue weighted by Gasteiger charge is 1.79. The minimum Gasteiger partial charge on any atom is -0.369 e. The summed E-state index contributed by atoms with van der Waals surface area (Å²) < 4.78 is 0. The molecule has 0 atom stereocenters. The lowest BCUT2D eigenvalue weighted by Gasteiger charge is -1.87. The fraction of sp³-hybridized carbons (Fsp3) is 0. The third kappa shape index (κ3) is 4.06. The Morgan fingerprint density at radius 2 is 1.86 bits per heavy atom. The zero-order chi connectivity index (χ0) is 10.2. The second-order valence-corrected chi connectivity index (χ2v) is 2.56. The first-order chi connectivity index (χ1) is 6.79. The largest absolute Gasteiger partial charge is 0.369 e. The SMILES string of the molecule is NC(N)=N/N=C/C=C/c1ccccc1. The molecular weight excluding hydrogens is 176 g/mol. The van der Waals surface area contributed by atoms with Gasteiger partial charge in [-0.2, -0.15) is 5.10 Å². The Labute approximate surface area is 82.6 Å². The van der Waals surface area contributed by atoms with E-state index in [9.17, 15) is 0 Å². The van der Waals surface area contributed by atoms with Gasteiger partial charge in [-0.05, 0) is 11.6 Å². The molecule has 4 heteroatoms. The van der Waals surface area contributed by atoms with Crippen LogP contribution in [0.1, 0.15) is 5.56 Å². The number of allylic oxidation sites excluding steroid dienone is 1. The van der Waals surface area contributed by atoms with Crippen molar-refractivity contribution in [3.8, 4) is 0 Å². The van der Waals surface area contributed by atoms with Crippen molar-refractivity contribution in [2.75, 3.05) is 0 Å². The molecule has 0 fully saturated rings. The zero-order valence-electron chi connectivity index (χ0n) is 7.67. The Morgan fingerprint density at radius 3 is 2.50 bits per heavy atom. The monoisotopic (exact) mass is 188 g/mol. The van der Waals surface area contributed by atoms with Crippen LogP contribution in [-0.2, 0) is 0 Å². The topological polar surface area (TPSA) is 76.8 Å². The van der Waals surface area contributed by atoms with Crippen LogP contribution < -0.4 is 11.5 Å². The van der Waals surface area contributed by atoms with Gasteiger partial charge in [0.25, 0.3) is 0 Å². The van der Waals surface area contributed by atoms with Gasteiger partial charge in [0.05, 0.1) is 0 Å². The van der Waals surface area contributed by atoms with Crippen molar-refractivity contribution in [3.63, 3.8) is 0 Å². The highest BCUT2D eigenvalue weighted by atomic mass is 15.3. The summed E-state index contributed by atoms with van der Waals surface area (Å²) in [6.07, 6.45) is 5.19. The molecule has 0 unspecified atom stereocenters. The summed E-state index contributed by atoms with van der Waals surface area (Å²) in [5.74, 6) is -0.0469. The molecule has 1 aromatic carbocycles. The van der Waals surface area contributed by atoms with Gasteiger partial charge < -0.3 is 11.5 Å². The molecule has 14 heavy (non-hydrogen) atoms. The van der Waals surface area contributed by atoms with Crippen molar-refractivity contribution in [2.45, 2.75) is 0 Å². The van der Waals surface area contributed by atoms with Crippen molar-refractivity contribution < 1.29 is 0 Å². The van der Waals surface area contributed by atoms with Gasteiger partial charge in [0.1, 0.15) is 0 Å². The van der Waals surface area contributed by atoms with E-state index in [-0.39, 0.29) is 5.96 Å². The third-order valence-electron chi connectivity index (χ3n) is 1.41. The van der Waals surface area contributed by atoms with Gasteiger partial charge >= 0.3 is 0 Å². The summed E-state index contributed by atoms with van der Waals surface area (Å²) in [6.45, 7) is 0. The van der Waals surface area contributed by atoms with Gasteiger partial charge in [-0.25, -0.2) is 0 Å². The number of hydrogen-bond acceptors (Lipinski definition) is 2. The molecule has 0 spiro atoms. The Kier molecular flexibility index (Phi) is 3.94. The fourth-order valence-electron chi connectivity index (χ4n) is 0.857. The van der Waals surface area contributed by atoms with Crippen molar-refractivity contribution in [1.82, 2.24) is 0 Å². The van der Waals surface area contributed by atoms with Crippen LogP contribution >= 0.6 is 0 Å². The Hall–Kier alpha value is -2.10. The molecule has 4 N–H and O–H groups in total. The number of rotatable bonds is 3.